The van der Waals surface area contributed by atoms with Gasteiger partial charge in [-0.2, -0.15) is 0 Å². The molecule has 5 heteroatoms. The number of carbonyl (C=O) groups is 1. The molecule has 0 aliphatic heterocycles. The SMILES string of the molecule is COC(=O)c1cc(N)c(OC)cc1F. The summed E-state index contributed by atoms with van der Waals surface area (Å²) >= 11 is 0. The number of halogens is 1. The highest BCUT2D eigenvalue weighted by Crippen LogP contribution is 2.25. The zero-order valence-electron chi connectivity index (χ0n) is 7.83. The molecule has 0 fully saturated rings. The Bertz CT molecular complexity index is 365. The molecule has 0 radical (unpaired) electrons. The normalized spacial score (nSPS) is 9.64. The van der Waals surface area contributed by atoms with E-state index in [4.69, 9.17) is 10.5 Å². The summed E-state index contributed by atoms with van der Waals surface area (Å²) in [6, 6.07) is 2.22. The molecule has 0 heterocycles. The van der Waals surface area contributed by atoms with Gasteiger partial charge in [0.05, 0.1) is 25.5 Å². The molecule has 0 aromatic heterocycles. The van der Waals surface area contributed by atoms with Gasteiger partial charge >= 0.3 is 5.97 Å². The van der Waals surface area contributed by atoms with Crippen LogP contribution < -0.4 is 10.5 Å². The fraction of sp³-hybridized carbons (Fsp3) is 0.222. The van der Waals surface area contributed by atoms with Crippen molar-refractivity contribution >= 4 is 11.7 Å². The highest BCUT2D eigenvalue weighted by atomic mass is 19.1. The van der Waals surface area contributed by atoms with E-state index in [1.165, 1.54) is 20.3 Å². The number of nitrogen functional groups attached to an aromatic ring is 1. The van der Waals surface area contributed by atoms with Crippen molar-refractivity contribution in [3.05, 3.63) is 23.5 Å². The molecule has 4 nitrogen and oxygen atoms in total. The van der Waals surface area contributed by atoms with Crippen molar-refractivity contribution in [2.75, 3.05) is 20.0 Å². The van der Waals surface area contributed by atoms with Crippen LogP contribution in [0, 0.1) is 5.82 Å². The zero-order valence-corrected chi connectivity index (χ0v) is 7.83. The third-order valence-electron chi connectivity index (χ3n) is 1.72. The van der Waals surface area contributed by atoms with Crippen LogP contribution in [0.25, 0.3) is 0 Å². The van der Waals surface area contributed by atoms with Gasteiger partial charge in [0.2, 0.25) is 0 Å². The minimum absolute atomic E-state index is 0.189. The summed E-state index contributed by atoms with van der Waals surface area (Å²) in [6.45, 7) is 0. The van der Waals surface area contributed by atoms with Gasteiger partial charge in [-0.15, -0.1) is 0 Å². The Balaban J connectivity index is 3.21. The van der Waals surface area contributed by atoms with Crippen molar-refractivity contribution in [2.24, 2.45) is 0 Å². The Morgan fingerprint density at radius 1 is 1.43 bits per heavy atom. The first kappa shape index (κ1) is 10.3. The van der Waals surface area contributed by atoms with Crippen molar-refractivity contribution in [3.63, 3.8) is 0 Å². The number of hydrogen-bond donors (Lipinski definition) is 1. The molecular formula is C9H10FNO3. The van der Waals surface area contributed by atoms with Crippen molar-refractivity contribution in [2.45, 2.75) is 0 Å². The topological polar surface area (TPSA) is 61.5 Å². The van der Waals surface area contributed by atoms with Crippen LogP contribution in [0.1, 0.15) is 10.4 Å². The maximum atomic E-state index is 13.2. The second-order valence-corrected chi connectivity index (χ2v) is 2.57. The molecule has 14 heavy (non-hydrogen) atoms. The van der Waals surface area contributed by atoms with E-state index in [0.717, 1.165) is 6.07 Å². The fourth-order valence-corrected chi connectivity index (χ4v) is 1.01. The molecule has 0 aliphatic carbocycles. The van der Waals surface area contributed by atoms with E-state index in [1.807, 2.05) is 0 Å². The number of esters is 1. The van der Waals surface area contributed by atoms with Crippen LogP contribution in [-0.4, -0.2) is 20.2 Å². The highest BCUT2D eigenvalue weighted by Gasteiger charge is 2.15. The summed E-state index contributed by atoms with van der Waals surface area (Å²) in [7, 11) is 2.53. The lowest BCUT2D eigenvalue weighted by molar-refractivity contribution is 0.0595. The van der Waals surface area contributed by atoms with E-state index in [2.05, 4.69) is 4.74 Å². The van der Waals surface area contributed by atoms with Crippen LogP contribution in [0.4, 0.5) is 10.1 Å². The molecule has 0 amide bonds. The predicted molar refractivity (Wildman–Crippen MR) is 48.7 cm³/mol. The molecule has 0 saturated carbocycles. The zero-order chi connectivity index (χ0) is 10.7. The molecule has 0 atom stereocenters. The van der Waals surface area contributed by atoms with Crippen LogP contribution in [0.15, 0.2) is 12.1 Å². The second-order valence-electron chi connectivity index (χ2n) is 2.57. The number of benzene rings is 1. The minimum Gasteiger partial charge on any atom is -0.494 e. The molecule has 2 N–H and O–H groups in total. The van der Waals surface area contributed by atoms with Crippen molar-refractivity contribution in [1.82, 2.24) is 0 Å². The van der Waals surface area contributed by atoms with Crippen LogP contribution in [-0.2, 0) is 4.74 Å². The van der Waals surface area contributed by atoms with Gasteiger partial charge in [0.25, 0.3) is 0 Å². The Kier molecular flexibility index (Phi) is 2.91. The predicted octanol–water partition coefficient (Wildman–Crippen LogP) is 1.20. The molecule has 0 aliphatic rings. The van der Waals surface area contributed by atoms with Gasteiger partial charge < -0.3 is 15.2 Å². The molecule has 0 saturated heterocycles. The summed E-state index contributed by atoms with van der Waals surface area (Å²) < 4.78 is 22.4. The number of methoxy groups -OCH3 is 2. The van der Waals surface area contributed by atoms with Gasteiger partial charge in [0.15, 0.2) is 0 Å². The molecular weight excluding hydrogens is 189 g/mol. The van der Waals surface area contributed by atoms with Crippen molar-refractivity contribution < 1.29 is 18.7 Å². The maximum Gasteiger partial charge on any atom is 0.340 e. The average molecular weight is 199 g/mol. The third kappa shape index (κ3) is 1.76. The van der Waals surface area contributed by atoms with E-state index in [9.17, 15) is 9.18 Å². The first-order valence-electron chi connectivity index (χ1n) is 3.81. The lowest BCUT2D eigenvalue weighted by Crippen LogP contribution is -2.06. The molecule has 0 unspecified atom stereocenters. The lowest BCUT2D eigenvalue weighted by Gasteiger charge is -2.07. The first-order chi connectivity index (χ1) is 6.60. The van der Waals surface area contributed by atoms with E-state index in [1.54, 1.807) is 0 Å². The smallest absolute Gasteiger partial charge is 0.340 e. The molecule has 76 valence electrons. The number of carbonyl (C=O) groups excluding carboxylic acids is 1. The van der Waals surface area contributed by atoms with Crippen LogP contribution in [0.5, 0.6) is 5.75 Å². The Morgan fingerprint density at radius 2 is 2.07 bits per heavy atom. The fourth-order valence-electron chi connectivity index (χ4n) is 1.01. The van der Waals surface area contributed by atoms with Gasteiger partial charge in [-0.25, -0.2) is 9.18 Å². The van der Waals surface area contributed by atoms with Gasteiger partial charge in [0.1, 0.15) is 11.6 Å². The van der Waals surface area contributed by atoms with Crippen LogP contribution in [0.3, 0.4) is 0 Å². The van der Waals surface area contributed by atoms with E-state index < -0.39 is 11.8 Å². The van der Waals surface area contributed by atoms with E-state index in [0.29, 0.717) is 0 Å². The molecule has 1 aromatic carbocycles. The van der Waals surface area contributed by atoms with Gasteiger partial charge in [-0.3, -0.25) is 0 Å². The Morgan fingerprint density at radius 3 is 2.57 bits per heavy atom. The first-order valence-corrected chi connectivity index (χ1v) is 3.81. The highest BCUT2D eigenvalue weighted by molar-refractivity contribution is 5.91. The van der Waals surface area contributed by atoms with Gasteiger partial charge in [-0.05, 0) is 6.07 Å². The summed E-state index contributed by atoms with van der Waals surface area (Å²) in [5.41, 5.74) is 5.48. The van der Waals surface area contributed by atoms with Crippen molar-refractivity contribution in [1.29, 1.82) is 0 Å². The van der Waals surface area contributed by atoms with Crippen molar-refractivity contribution in [3.8, 4) is 5.75 Å². The summed E-state index contributed by atoms with van der Waals surface area (Å²) in [5, 5.41) is 0. The standard InChI is InChI=1S/C9H10FNO3/c1-13-8-4-6(10)5(3-7(8)11)9(12)14-2/h3-4H,11H2,1-2H3. The number of ether oxygens (including phenoxy) is 2. The largest absolute Gasteiger partial charge is 0.494 e. The maximum absolute atomic E-state index is 13.2. The molecule has 0 bridgehead atoms. The third-order valence-corrected chi connectivity index (χ3v) is 1.72. The number of rotatable bonds is 2. The van der Waals surface area contributed by atoms with E-state index >= 15 is 0 Å². The monoisotopic (exact) mass is 199 g/mol. The number of hydrogen-bond acceptors (Lipinski definition) is 4. The number of anilines is 1. The average Bonchev–Trinajstić information content (AvgIpc) is 2.19. The van der Waals surface area contributed by atoms with Crippen LogP contribution in [0.2, 0.25) is 0 Å². The van der Waals surface area contributed by atoms with Gasteiger partial charge in [-0.1, -0.05) is 0 Å². The molecule has 1 aromatic rings. The van der Waals surface area contributed by atoms with E-state index in [-0.39, 0.29) is 17.0 Å². The number of nitrogens with two attached hydrogens (primary N) is 1. The lowest BCUT2D eigenvalue weighted by atomic mass is 10.2. The summed E-state index contributed by atoms with van der Waals surface area (Å²) in [5.74, 6) is -1.30. The van der Waals surface area contributed by atoms with Crippen LogP contribution >= 0.6 is 0 Å². The summed E-state index contributed by atoms with van der Waals surface area (Å²) in [4.78, 5) is 11.0. The Labute approximate surface area is 80.4 Å². The quantitative estimate of drug-likeness (QED) is 0.574. The Hall–Kier alpha value is -1.78. The molecule has 1 rings (SSSR count). The second kappa shape index (κ2) is 3.95. The van der Waals surface area contributed by atoms with Gasteiger partial charge in [0, 0.05) is 6.07 Å². The minimum atomic E-state index is -0.767. The molecule has 0 spiro atoms. The summed E-state index contributed by atoms with van der Waals surface area (Å²) in [6.07, 6.45) is 0.